The predicted octanol–water partition coefficient (Wildman–Crippen LogP) is 2.27. The molecule has 0 radical (unpaired) electrons. The van der Waals surface area contributed by atoms with Gasteiger partial charge in [0.1, 0.15) is 11.6 Å². The number of carbonyl (C=O) groups is 2. The molecule has 1 aromatic rings. The number of benzene rings is 1. The number of aryl methyl sites for hydroxylation is 1. The molecule has 4 nitrogen and oxygen atoms in total. The fourth-order valence-electron chi connectivity index (χ4n) is 2.92. The number of nitrogens with one attached hydrogen (secondary N) is 1. The Labute approximate surface area is 134 Å². The Morgan fingerprint density at radius 1 is 1.35 bits per heavy atom. The number of hydrogen-bond acceptors (Lipinski definition) is 2. The van der Waals surface area contributed by atoms with Gasteiger partial charge >= 0.3 is 0 Å². The maximum Gasteiger partial charge on any atom is 0.241 e. The summed E-state index contributed by atoms with van der Waals surface area (Å²) in [6.07, 6.45) is 3.19. The summed E-state index contributed by atoms with van der Waals surface area (Å²) in [6, 6.07) is 3.65. The first kappa shape index (κ1) is 17.4. The lowest BCUT2D eigenvalue weighted by atomic mass is 9.91. The molecule has 1 aromatic carbocycles. The smallest absolute Gasteiger partial charge is 0.241 e. The van der Waals surface area contributed by atoms with Gasteiger partial charge in [0.05, 0.1) is 6.54 Å². The van der Waals surface area contributed by atoms with Gasteiger partial charge in [0, 0.05) is 26.1 Å². The van der Waals surface area contributed by atoms with Gasteiger partial charge in [-0.2, -0.15) is 0 Å². The highest BCUT2D eigenvalue weighted by molar-refractivity contribution is 5.83. The van der Waals surface area contributed by atoms with Crippen molar-refractivity contribution in [1.29, 1.82) is 0 Å². The molecule has 1 aliphatic heterocycles. The molecule has 1 heterocycles. The van der Waals surface area contributed by atoms with Crippen molar-refractivity contribution in [2.45, 2.75) is 32.6 Å². The highest BCUT2D eigenvalue weighted by atomic mass is 19.1. The van der Waals surface area contributed by atoms with E-state index < -0.39 is 11.6 Å². The van der Waals surface area contributed by atoms with Gasteiger partial charge in [-0.25, -0.2) is 8.78 Å². The van der Waals surface area contributed by atoms with Crippen LogP contribution in [0, 0.1) is 17.6 Å². The molecule has 23 heavy (non-hydrogen) atoms. The van der Waals surface area contributed by atoms with E-state index in [2.05, 4.69) is 5.32 Å². The maximum absolute atomic E-state index is 13.6. The molecule has 1 fully saturated rings. The van der Waals surface area contributed by atoms with E-state index in [4.69, 9.17) is 0 Å². The first-order valence-corrected chi connectivity index (χ1v) is 7.92. The van der Waals surface area contributed by atoms with E-state index in [0.717, 1.165) is 25.3 Å². The van der Waals surface area contributed by atoms with Crippen molar-refractivity contribution in [2.24, 2.45) is 5.92 Å². The van der Waals surface area contributed by atoms with Crippen molar-refractivity contribution < 1.29 is 18.4 Å². The minimum atomic E-state index is -0.571. The lowest BCUT2D eigenvalue weighted by molar-refractivity contribution is -0.134. The van der Waals surface area contributed by atoms with Crippen molar-refractivity contribution >= 4 is 11.8 Å². The van der Waals surface area contributed by atoms with Gasteiger partial charge in [0.25, 0.3) is 0 Å². The minimum absolute atomic E-state index is 0.0225. The SMILES string of the molecule is CC(=O)NCC(=O)N1CCC[C@@H](CCc2ccc(F)cc2F)C1. The third kappa shape index (κ3) is 5.30. The molecular formula is C17H22F2N2O2. The Kier molecular flexibility index (Phi) is 6.07. The Morgan fingerprint density at radius 2 is 2.13 bits per heavy atom. The standard InChI is InChI=1S/C17H22F2N2O2/c1-12(22)20-10-17(23)21-8-2-3-13(11-21)4-5-14-6-7-15(18)9-16(14)19/h6-7,9,13H,2-5,8,10-11H2,1H3,(H,20,22)/t13-/m0/s1. The molecule has 0 saturated carbocycles. The number of likely N-dealkylation sites (tertiary alicyclic amines) is 1. The number of amides is 2. The molecule has 1 aliphatic rings. The van der Waals surface area contributed by atoms with Crippen molar-refractivity contribution in [3.8, 4) is 0 Å². The predicted molar refractivity (Wildman–Crippen MR) is 82.7 cm³/mol. The fourth-order valence-corrected chi connectivity index (χ4v) is 2.92. The Balaban J connectivity index is 1.84. The zero-order valence-electron chi connectivity index (χ0n) is 13.3. The lowest BCUT2D eigenvalue weighted by Crippen LogP contribution is -2.44. The van der Waals surface area contributed by atoms with E-state index >= 15 is 0 Å². The molecule has 0 unspecified atom stereocenters. The first-order chi connectivity index (χ1) is 11.0. The molecule has 1 atom stereocenters. The van der Waals surface area contributed by atoms with E-state index in [1.807, 2.05) is 0 Å². The molecule has 0 bridgehead atoms. The Bertz CT molecular complexity index is 578. The second-order valence-corrected chi connectivity index (χ2v) is 6.03. The van der Waals surface area contributed by atoms with Crippen LogP contribution in [-0.4, -0.2) is 36.3 Å². The van der Waals surface area contributed by atoms with E-state index in [9.17, 15) is 18.4 Å². The quantitative estimate of drug-likeness (QED) is 0.903. The normalized spacial score (nSPS) is 17.9. The number of halogens is 2. The highest BCUT2D eigenvalue weighted by Gasteiger charge is 2.23. The number of hydrogen-bond donors (Lipinski definition) is 1. The van der Waals surface area contributed by atoms with Crippen LogP contribution in [0.2, 0.25) is 0 Å². The maximum atomic E-state index is 13.6. The summed E-state index contributed by atoms with van der Waals surface area (Å²) in [7, 11) is 0. The molecule has 2 rings (SSSR count). The second kappa shape index (κ2) is 8.04. The average Bonchev–Trinajstić information content (AvgIpc) is 2.52. The summed E-state index contributed by atoms with van der Waals surface area (Å²) in [5.74, 6) is -1.09. The van der Waals surface area contributed by atoms with Crippen LogP contribution >= 0.6 is 0 Å². The van der Waals surface area contributed by atoms with Gasteiger partial charge in [0.15, 0.2) is 0 Å². The summed E-state index contributed by atoms with van der Waals surface area (Å²) in [4.78, 5) is 24.6. The van der Waals surface area contributed by atoms with Crippen LogP contribution in [0.25, 0.3) is 0 Å². The Morgan fingerprint density at radius 3 is 2.83 bits per heavy atom. The molecular weight excluding hydrogens is 302 g/mol. The largest absolute Gasteiger partial charge is 0.347 e. The zero-order valence-corrected chi connectivity index (χ0v) is 13.3. The minimum Gasteiger partial charge on any atom is -0.347 e. The van der Waals surface area contributed by atoms with Crippen LogP contribution < -0.4 is 5.32 Å². The lowest BCUT2D eigenvalue weighted by Gasteiger charge is -2.33. The summed E-state index contributed by atoms with van der Waals surface area (Å²) in [5, 5.41) is 2.51. The van der Waals surface area contributed by atoms with Crippen molar-refractivity contribution in [3.05, 3.63) is 35.4 Å². The average molecular weight is 324 g/mol. The van der Waals surface area contributed by atoms with Gasteiger partial charge < -0.3 is 10.2 Å². The number of nitrogens with zero attached hydrogens (tertiary/aromatic N) is 1. The molecule has 0 aromatic heterocycles. The van der Waals surface area contributed by atoms with Crippen molar-refractivity contribution in [2.75, 3.05) is 19.6 Å². The van der Waals surface area contributed by atoms with Crippen LogP contribution in [0.15, 0.2) is 18.2 Å². The van der Waals surface area contributed by atoms with Crippen molar-refractivity contribution in [3.63, 3.8) is 0 Å². The topological polar surface area (TPSA) is 49.4 Å². The second-order valence-electron chi connectivity index (χ2n) is 6.03. The van der Waals surface area contributed by atoms with Gasteiger partial charge in [-0.05, 0) is 43.2 Å². The van der Waals surface area contributed by atoms with Crippen LogP contribution in [0.4, 0.5) is 8.78 Å². The molecule has 1 N–H and O–H groups in total. The highest BCUT2D eigenvalue weighted by Crippen LogP contribution is 2.22. The molecule has 0 spiro atoms. The molecule has 1 saturated heterocycles. The van der Waals surface area contributed by atoms with Crippen LogP contribution in [0.5, 0.6) is 0 Å². The number of carbonyl (C=O) groups excluding carboxylic acids is 2. The third-order valence-electron chi connectivity index (χ3n) is 4.20. The van der Waals surface area contributed by atoms with Crippen LogP contribution in [0.1, 0.15) is 31.7 Å². The van der Waals surface area contributed by atoms with E-state index in [1.54, 1.807) is 4.90 Å². The van der Waals surface area contributed by atoms with E-state index in [-0.39, 0.29) is 18.4 Å². The van der Waals surface area contributed by atoms with Crippen molar-refractivity contribution in [1.82, 2.24) is 10.2 Å². The van der Waals surface area contributed by atoms with Gasteiger partial charge in [-0.1, -0.05) is 6.07 Å². The molecule has 2 amide bonds. The number of piperidine rings is 1. The Hall–Kier alpha value is -1.98. The third-order valence-corrected chi connectivity index (χ3v) is 4.20. The van der Waals surface area contributed by atoms with Crippen LogP contribution in [0.3, 0.4) is 0 Å². The molecule has 0 aliphatic carbocycles. The molecule has 6 heteroatoms. The van der Waals surface area contributed by atoms with Gasteiger partial charge in [-0.15, -0.1) is 0 Å². The summed E-state index contributed by atoms with van der Waals surface area (Å²) in [5.41, 5.74) is 0.507. The van der Waals surface area contributed by atoms with Gasteiger partial charge in [0.2, 0.25) is 11.8 Å². The molecule has 126 valence electrons. The monoisotopic (exact) mass is 324 g/mol. The number of rotatable bonds is 5. The summed E-state index contributed by atoms with van der Waals surface area (Å²) < 4.78 is 26.5. The van der Waals surface area contributed by atoms with E-state index in [0.29, 0.717) is 31.0 Å². The van der Waals surface area contributed by atoms with Gasteiger partial charge in [-0.3, -0.25) is 9.59 Å². The fraction of sp³-hybridized carbons (Fsp3) is 0.529. The first-order valence-electron chi connectivity index (χ1n) is 7.92. The van der Waals surface area contributed by atoms with Crippen LogP contribution in [-0.2, 0) is 16.0 Å². The van der Waals surface area contributed by atoms with E-state index in [1.165, 1.54) is 19.1 Å². The summed E-state index contributed by atoms with van der Waals surface area (Å²) in [6.45, 7) is 2.72. The zero-order chi connectivity index (χ0) is 16.8. The summed E-state index contributed by atoms with van der Waals surface area (Å²) >= 11 is 0.